The van der Waals surface area contributed by atoms with E-state index in [1.54, 1.807) is 13.8 Å². The third-order valence-corrected chi connectivity index (χ3v) is 3.26. The molecule has 0 heterocycles. The third-order valence-electron chi connectivity index (χ3n) is 3.26. The Morgan fingerprint density at radius 2 is 1.95 bits per heavy atom. The highest BCUT2D eigenvalue weighted by molar-refractivity contribution is 5.99. The number of benzene rings is 1. The molecule has 1 aromatic rings. The van der Waals surface area contributed by atoms with Crippen LogP contribution in [0.1, 0.15) is 32.3 Å². The Labute approximate surface area is 121 Å². The molecule has 0 radical (unpaired) electrons. The van der Waals surface area contributed by atoms with E-state index in [4.69, 9.17) is 4.74 Å². The second-order valence-corrected chi connectivity index (χ2v) is 4.77. The van der Waals surface area contributed by atoms with Gasteiger partial charge in [0.15, 0.2) is 5.41 Å². The molecule has 21 heavy (non-hydrogen) atoms. The van der Waals surface area contributed by atoms with Crippen LogP contribution in [0.4, 0.5) is 8.78 Å². The van der Waals surface area contributed by atoms with Crippen LogP contribution in [0.15, 0.2) is 18.2 Å². The average molecular weight is 300 g/mol. The molecule has 4 nitrogen and oxygen atoms in total. The van der Waals surface area contributed by atoms with Crippen LogP contribution in [0.5, 0.6) is 0 Å². The summed E-state index contributed by atoms with van der Waals surface area (Å²) in [6.07, 6.45) is 0.0486. The van der Waals surface area contributed by atoms with E-state index in [2.05, 4.69) is 0 Å². The molecular weight excluding hydrogens is 282 g/mol. The minimum atomic E-state index is -1.86. The summed E-state index contributed by atoms with van der Waals surface area (Å²) in [5.74, 6) is -3.90. The standard InChI is InChI=1S/C15H18F2O4/c1-3-7-15(13(18)19,14(20)21-4-2)9-10-5-6-11(16)8-12(10)17/h5-6,8H,3-4,7,9H2,1-2H3,(H,18,19). The van der Waals surface area contributed by atoms with Crippen molar-refractivity contribution in [2.45, 2.75) is 33.1 Å². The van der Waals surface area contributed by atoms with E-state index in [9.17, 15) is 23.5 Å². The molecule has 0 saturated carbocycles. The number of hydrogen-bond donors (Lipinski definition) is 1. The van der Waals surface area contributed by atoms with Crippen molar-refractivity contribution in [3.8, 4) is 0 Å². The average Bonchev–Trinajstić information content (AvgIpc) is 2.40. The third kappa shape index (κ3) is 3.77. The summed E-state index contributed by atoms with van der Waals surface area (Å²) in [4.78, 5) is 23.7. The number of ether oxygens (including phenoxy) is 1. The molecule has 116 valence electrons. The predicted molar refractivity (Wildman–Crippen MR) is 71.7 cm³/mol. The van der Waals surface area contributed by atoms with Gasteiger partial charge < -0.3 is 9.84 Å². The SMILES string of the molecule is CCCC(Cc1ccc(F)cc1F)(C(=O)O)C(=O)OCC. The van der Waals surface area contributed by atoms with Crippen molar-refractivity contribution in [2.75, 3.05) is 6.61 Å². The fourth-order valence-electron chi connectivity index (χ4n) is 2.22. The predicted octanol–water partition coefficient (Wildman–Crippen LogP) is 2.94. The van der Waals surface area contributed by atoms with Crippen molar-refractivity contribution < 1.29 is 28.2 Å². The van der Waals surface area contributed by atoms with Crippen LogP contribution in [0.25, 0.3) is 0 Å². The number of carbonyl (C=O) groups excluding carboxylic acids is 1. The summed E-state index contributed by atoms with van der Waals surface area (Å²) >= 11 is 0. The second kappa shape index (κ2) is 7.15. The highest BCUT2D eigenvalue weighted by Crippen LogP contribution is 2.32. The lowest BCUT2D eigenvalue weighted by atomic mass is 9.77. The van der Waals surface area contributed by atoms with Crippen molar-refractivity contribution in [3.05, 3.63) is 35.4 Å². The molecule has 0 saturated heterocycles. The van der Waals surface area contributed by atoms with Gasteiger partial charge in [-0.25, -0.2) is 8.78 Å². The van der Waals surface area contributed by atoms with E-state index in [-0.39, 0.29) is 25.0 Å². The molecule has 0 aliphatic rings. The largest absolute Gasteiger partial charge is 0.480 e. The normalized spacial score (nSPS) is 13.5. The van der Waals surface area contributed by atoms with Gasteiger partial charge in [-0.15, -0.1) is 0 Å². The Balaban J connectivity index is 3.22. The summed E-state index contributed by atoms with van der Waals surface area (Å²) in [7, 11) is 0. The summed E-state index contributed by atoms with van der Waals surface area (Å²) in [6.45, 7) is 3.32. The number of aliphatic carboxylic acids is 1. The van der Waals surface area contributed by atoms with Crippen molar-refractivity contribution in [3.63, 3.8) is 0 Å². The van der Waals surface area contributed by atoms with Crippen LogP contribution in [-0.4, -0.2) is 23.7 Å². The Morgan fingerprint density at radius 3 is 2.43 bits per heavy atom. The first-order valence-corrected chi connectivity index (χ1v) is 6.72. The molecule has 0 amide bonds. The van der Waals surface area contributed by atoms with E-state index in [0.717, 1.165) is 12.1 Å². The Hall–Kier alpha value is -1.98. The molecule has 0 bridgehead atoms. The Kier molecular flexibility index (Phi) is 5.81. The maximum atomic E-state index is 13.7. The number of rotatable bonds is 7. The zero-order valence-corrected chi connectivity index (χ0v) is 12.0. The van der Waals surface area contributed by atoms with Crippen LogP contribution in [0.3, 0.4) is 0 Å². The lowest BCUT2D eigenvalue weighted by molar-refractivity contribution is -0.169. The van der Waals surface area contributed by atoms with Gasteiger partial charge >= 0.3 is 11.9 Å². The van der Waals surface area contributed by atoms with Crippen LogP contribution >= 0.6 is 0 Å². The molecule has 1 N–H and O–H groups in total. The number of carbonyl (C=O) groups is 2. The smallest absolute Gasteiger partial charge is 0.323 e. The van der Waals surface area contributed by atoms with Crippen LogP contribution in [0, 0.1) is 17.0 Å². The van der Waals surface area contributed by atoms with Crippen molar-refractivity contribution in [1.29, 1.82) is 0 Å². The minimum absolute atomic E-state index is 0.0119. The summed E-state index contributed by atoms with van der Waals surface area (Å²) in [6, 6.07) is 2.85. The molecular formula is C15H18F2O4. The topological polar surface area (TPSA) is 63.6 Å². The fourth-order valence-corrected chi connectivity index (χ4v) is 2.22. The van der Waals surface area contributed by atoms with Crippen molar-refractivity contribution in [1.82, 2.24) is 0 Å². The van der Waals surface area contributed by atoms with Gasteiger partial charge in [0.1, 0.15) is 11.6 Å². The zero-order chi connectivity index (χ0) is 16.0. The van der Waals surface area contributed by atoms with Crippen LogP contribution in [0.2, 0.25) is 0 Å². The van der Waals surface area contributed by atoms with Gasteiger partial charge in [-0.3, -0.25) is 9.59 Å². The molecule has 1 aromatic carbocycles. The summed E-state index contributed by atoms with van der Waals surface area (Å²) < 4.78 is 31.5. The molecule has 0 aliphatic heterocycles. The quantitative estimate of drug-likeness (QED) is 0.621. The highest BCUT2D eigenvalue weighted by Gasteiger charge is 2.47. The van der Waals surface area contributed by atoms with Gasteiger partial charge in [0.2, 0.25) is 0 Å². The number of carboxylic acid groups (broad SMARTS) is 1. The van der Waals surface area contributed by atoms with E-state index >= 15 is 0 Å². The molecule has 1 rings (SSSR count). The van der Waals surface area contributed by atoms with Crippen LogP contribution < -0.4 is 0 Å². The summed E-state index contributed by atoms with van der Waals surface area (Å²) in [5, 5.41) is 9.46. The van der Waals surface area contributed by atoms with Gasteiger partial charge in [0.25, 0.3) is 0 Å². The maximum Gasteiger partial charge on any atom is 0.323 e. The Morgan fingerprint density at radius 1 is 1.29 bits per heavy atom. The molecule has 0 fully saturated rings. The molecule has 0 aromatic heterocycles. The van der Waals surface area contributed by atoms with Gasteiger partial charge in [0.05, 0.1) is 6.61 Å². The molecule has 0 aliphatic carbocycles. The minimum Gasteiger partial charge on any atom is -0.480 e. The fraction of sp³-hybridized carbons (Fsp3) is 0.467. The zero-order valence-electron chi connectivity index (χ0n) is 12.0. The first kappa shape index (κ1) is 17.1. The number of esters is 1. The van der Waals surface area contributed by atoms with E-state index in [0.29, 0.717) is 12.5 Å². The van der Waals surface area contributed by atoms with E-state index in [1.807, 2.05) is 0 Å². The molecule has 0 spiro atoms. The van der Waals surface area contributed by atoms with Gasteiger partial charge in [-0.05, 0) is 25.0 Å². The van der Waals surface area contributed by atoms with Gasteiger partial charge in [-0.2, -0.15) is 0 Å². The second-order valence-electron chi connectivity index (χ2n) is 4.77. The van der Waals surface area contributed by atoms with Gasteiger partial charge in [0, 0.05) is 12.5 Å². The first-order chi connectivity index (χ1) is 9.87. The molecule has 1 atom stereocenters. The monoisotopic (exact) mass is 300 g/mol. The molecule has 1 unspecified atom stereocenters. The highest BCUT2D eigenvalue weighted by atomic mass is 19.1. The van der Waals surface area contributed by atoms with Crippen LogP contribution in [-0.2, 0) is 20.7 Å². The van der Waals surface area contributed by atoms with E-state index in [1.165, 1.54) is 0 Å². The number of carboxylic acids is 1. The Bertz CT molecular complexity index is 530. The lowest BCUT2D eigenvalue weighted by Crippen LogP contribution is -2.43. The number of halogens is 2. The van der Waals surface area contributed by atoms with E-state index < -0.39 is 29.0 Å². The van der Waals surface area contributed by atoms with Crippen molar-refractivity contribution >= 4 is 11.9 Å². The van der Waals surface area contributed by atoms with Crippen molar-refractivity contribution in [2.24, 2.45) is 5.41 Å². The maximum absolute atomic E-state index is 13.7. The van der Waals surface area contributed by atoms with Gasteiger partial charge in [-0.1, -0.05) is 19.4 Å². The first-order valence-electron chi connectivity index (χ1n) is 6.72. The molecule has 6 heteroatoms. The summed E-state index contributed by atoms with van der Waals surface area (Å²) in [5.41, 5.74) is -1.89. The lowest BCUT2D eigenvalue weighted by Gasteiger charge is -2.27. The number of hydrogen-bond acceptors (Lipinski definition) is 3.